The van der Waals surface area contributed by atoms with Crippen molar-refractivity contribution in [2.45, 2.75) is 125 Å². The minimum atomic E-state index is 0.207. The number of aromatic amines is 2. The molecule has 0 spiro atoms. The van der Waals surface area contributed by atoms with E-state index in [0.717, 1.165) is 75.4 Å². The van der Waals surface area contributed by atoms with Crippen LogP contribution in [0.3, 0.4) is 0 Å². The predicted molar refractivity (Wildman–Crippen MR) is 168 cm³/mol. The normalized spacial score (nSPS) is 13.7. The first kappa shape index (κ1) is 35.6. The Kier molecular flexibility index (Phi) is 15.5. The van der Waals surface area contributed by atoms with Gasteiger partial charge in [-0.1, -0.05) is 0 Å². The highest BCUT2D eigenvalue weighted by Crippen LogP contribution is 2.12. The number of hydrogen-bond donors (Lipinski definition) is 5. The Morgan fingerprint density at radius 3 is 1.73 bits per heavy atom. The fourth-order valence-electron chi connectivity index (χ4n) is 3.70. The molecule has 1 aliphatic heterocycles. The van der Waals surface area contributed by atoms with Gasteiger partial charge in [0, 0.05) is 22.8 Å². The molecule has 0 amide bonds. The monoisotopic (exact) mass is 558 g/mol. The van der Waals surface area contributed by atoms with Gasteiger partial charge in [-0.25, -0.2) is 0 Å². The summed E-state index contributed by atoms with van der Waals surface area (Å²) in [6.45, 7) is 27.8. The summed E-state index contributed by atoms with van der Waals surface area (Å²) in [5.41, 5.74) is 6.62. The molecule has 10 heteroatoms. The molecule has 2 aromatic rings. The van der Waals surface area contributed by atoms with Crippen LogP contribution in [0.5, 0.6) is 0 Å². The van der Waals surface area contributed by atoms with Crippen molar-refractivity contribution in [1.29, 1.82) is 0 Å². The second-order valence-electron chi connectivity index (χ2n) is 13.6. The van der Waals surface area contributed by atoms with Crippen LogP contribution < -0.4 is 16.0 Å². The van der Waals surface area contributed by atoms with Gasteiger partial charge in [-0.15, -0.1) is 0 Å². The van der Waals surface area contributed by atoms with E-state index in [1.165, 1.54) is 11.1 Å². The summed E-state index contributed by atoms with van der Waals surface area (Å²) in [4.78, 5) is 4.23. The minimum absolute atomic E-state index is 0.207. The summed E-state index contributed by atoms with van der Waals surface area (Å²) in [5.74, 6) is 0. The average molecular weight is 559 g/mol. The Balaban J connectivity index is 0.000000300. The molecule has 2 aromatic heterocycles. The van der Waals surface area contributed by atoms with Crippen LogP contribution in [0.1, 0.15) is 106 Å². The molecule has 0 fully saturated rings. The maximum Gasteiger partial charge on any atom is 0.0854 e. The number of aromatic nitrogens is 6. The summed E-state index contributed by atoms with van der Waals surface area (Å²) >= 11 is 0. The highest BCUT2D eigenvalue weighted by molar-refractivity contribution is 5.82. The Morgan fingerprint density at radius 2 is 1.27 bits per heavy atom. The van der Waals surface area contributed by atoms with E-state index < -0.39 is 0 Å². The van der Waals surface area contributed by atoms with E-state index in [4.69, 9.17) is 0 Å². The van der Waals surface area contributed by atoms with Crippen molar-refractivity contribution in [3.8, 4) is 0 Å². The summed E-state index contributed by atoms with van der Waals surface area (Å²) < 4.78 is 0. The lowest BCUT2D eigenvalue weighted by molar-refractivity contribution is 0.421. The molecule has 1 aliphatic rings. The SMILES string of the molecule is CC(C)(C)NCCCc1cn[nH]n1.CC1=C(CCNC(C)(C)C)C=NC1.Cc1n[nH]nc1CCCNC(C)(C)C. The van der Waals surface area contributed by atoms with Gasteiger partial charge in [0.1, 0.15) is 0 Å². The van der Waals surface area contributed by atoms with Crippen molar-refractivity contribution < 1.29 is 0 Å². The number of nitrogens with zero attached hydrogens (tertiary/aromatic N) is 5. The second kappa shape index (κ2) is 17.4. The number of aliphatic imine (C=N–C) groups is 1. The van der Waals surface area contributed by atoms with Gasteiger partial charge in [0.25, 0.3) is 0 Å². The van der Waals surface area contributed by atoms with Crippen molar-refractivity contribution in [2.24, 2.45) is 4.99 Å². The van der Waals surface area contributed by atoms with E-state index >= 15 is 0 Å². The molecule has 3 rings (SSSR count). The first-order chi connectivity index (χ1) is 18.6. The van der Waals surface area contributed by atoms with Gasteiger partial charge >= 0.3 is 0 Å². The van der Waals surface area contributed by atoms with Gasteiger partial charge < -0.3 is 16.0 Å². The van der Waals surface area contributed by atoms with Gasteiger partial charge in [-0.05, 0) is 139 Å². The molecule has 40 heavy (non-hydrogen) atoms. The zero-order chi connectivity index (χ0) is 30.2. The lowest BCUT2D eigenvalue weighted by Gasteiger charge is -2.20. The molecule has 0 saturated heterocycles. The quantitative estimate of drug-likeness (QED) is 0.252. The number of hydrogen-bond acceptors (Lipinski definition) is 8. The van der Waals surface area contributed by atoms with Crippen molar-refractivity contribution in [3.63, 3.8) is 0 Å². The van der Waals surface area contributed by atoms with Gasteiger partial charge in [0.05, 0.1) is 29.8 Å². The summed E-state index contributed by atoms with van der Waals surface area (Å²) in [5, 5.41) is 31.4. The standard InChI is InChI=1S/C11H20N2.C10H20N4.C9H18N4/c1-9-7-12-8-10(9)5-6-13-11(2,3)4;1-8-9(13-14-12-8)6-5-7-11-10(2,3)4;1-9(2,3)10-6-4-5-8-7-11-13-12-8/h8,13H,5-7H2,1-4H3;11H,5-7H2,1-4H3,(H,12,13,14);7,10H,4-6H2,1-3H3,(H,11,12,13). The fraction of sp³-hybridized carbons (Fsp3) is 0.767. The van der Waals surface area contributed by atoms with Crippen LogP contribution in [0.4, 0.5) is 0 Å². The van der Waals surface area contributed by atoms with E-state index in [-0.39, 0.29) is 16.6 Å². The minimum Gasteiger partial charge on any atom is -0.312 e. The maximum atomic E-state index is 4.23. The maximum absolute atomic E-state index is 4.23. The van der Waals surface area contributed by atoms with Gasteiger partial charge in [0.15, 0.2) is 0 Å². The molecule has 0 saturated carbocycles. The fourth-order valence-corrected chi connectivity index (χ4v) is 3.70. The van der Waals surface area contributed by atoms with Crippen LogP contribution in [-0.2, 0) is 12.8 Å². The number of rotatable bonds is 11. The Bertz CT molecular complexity index is 983. The van der Waals surface area contributed by atoms with Crippen LogP contribution in [0.2, 0.25) is 0 Å². The van der Waals surface area contributed by atoms with Gasteiger partial charge in [0.2, 0.25) is 0 Å². The van der Waals surface area contributed by atoms with Crippen LogP contribution >= 0.6 is 0 Å². The lowest BCUT2D eigenvalue weighted by Crippen LogP contribution is -2.36. The molecule has 228 valence electrons. The van der Waals surface area contributed by atoms with E-state index in [2.05, 4.69) is 121 Å². The molecule has 3 heterocycles. The van der Waals surface area contributed by atoms with Crippen molar-refractivity contribution >= 4 is 6.21 Å². The van der Waals surface area contributed by atoms with E-state index in [1.54, 1.807) is 6.20 Å². The zero-order valence-corrected chi connectivity index (χ0v) is 27.3. The zero-order valence-electron chi connectivity index (χ0n) is 27.3. The largest absolute Gasteiger partial charge is 0.312 e. The molecule has 0 atom stereocenters. The van der Waals surface area contributed by atoms with E-state index in [9.17, 15) is 0 Å². The molecule has 0 aromatic carbocycles. The highest BCUT2D eigenvalue weighted by Gasteiger charge is 2.11. The summed E-state index contributed by atoms with van der Waals surface area (Å²) in [6, 6.07) is 0. The third kappa shape index (κ3) is 18.8. The van der Waals surface area contributed by atoms with Crippen molar-refractivity contribution in [1.82, 2.24) is 46.8 Å². The third-order valence-electron chi connectivity index (χ3n) is 5.97. The first-order valence-corrected chi connectivity index (χ1v) is 14.7. The molecular formula is C30H58N10. The Morgan fingerprint density at radius 1 is 0.700 bits per heavy atom. The van der Waals surface area contributed by atoms with Crippen LogP contribution in [0.15, 0.2) is 22.3 Å². The van der Waals surface area contributed by atoms with Crippen molar-refractivity contribution in [2.75, 3.05) is 26.2 Å². The van der Waals surface area contributed by atoms with Gasteiger partial charge in [-0.2, -0.15) is 30.8 Å². The smallest absolute Gasteiger partial charge is 0.0854 e. The van der Waals surface area contributed by atoms with E-state index in [1.807, 2.05) is 13.1 Å². The van der Waals surface area contributed by atoms with Crippen LogP contribution in [0, 0.1) is 6.92 Å². The third-order valence-corrected chi connectivity index (χ3v) is 5.97. The number of nitrogens with one attached hydrogen (secondary N) is 5. The Hall–Kier alpha value is -2.43. The molecule has 10 nitrogen and oxygen atoms in total. The van der Waals surface area contributed by atoms with Crippen molar-refractivity contribution in [3.05, 3.63) is 34.4 Å². The van der Waals surface area contributed by atoms with Crippen LogP contribution in [-0.4, -0.2) is 79.8 Å². The first-order valence-electron chi connectivity index (χ1n) is 14.7. The summed E-state index contributed by atoms with van der Waals surface area (Å²) in [7, 11) is 0. The Labute approximate surface area is 243 Å². The predicted octanol–water partition coefficient (Wildman–Crippen LogP) is 4.72. The lowest BCUT2D eigenvalue weighted by atomic mass is 10.1. The highest BCUT2D eigenvalue weighted by atomic mass is 15.3. The number of aryl methyl sites for hydroxylation is 3. The molecule has 0 bridgehead atoms. The van der Waals surface area contributed by atoms with E-state index in [0.29, 0.717) is 0 Å². The molecule has 0 radical (unpaired) electrons. The summed E-state index contributed by atoms with van der Waals surface area (Å²) in [6.07, 6.45) is 9.07. The molecular weight excluding hydrogens is 500 g/mol. The average Bonchev–Trinajstić information content (AvgIpc) is 3.57. The van der Waals surface area contributed by atoms with Gasteiger partial charge in [-0.3, -0.25) is 4.99 Å². The topological polar surface area (TPSA) is 132 Å². The molecule has 0 unspecified atom stereocenters. The second-order valence-corrected chi connectivity index (χ2v) is 13.6. The van der Waals surface area contributed by atoms with Crippen LogP contribution in [0.25, 0.3) is 0 Å². The molecule has 0 aliphatic carbocycles. The number of H-pyrrole nitrogens is 2. The molecule has 5 N–H and O–H groups in total.